The molecule has 1 saturated heterocycles. The molecule has 2 aromatic heterocycles. The van der Waals surface area contributed by atoms with E-state index in [-0.39, 0.29) is 18.1 Å². The minimum atomic E-state index is 0.0483. The zero-order valence-corrected chi connectivity index (χ0v) is 19.8. The van der Waals surface area contributed by atoms with E-state index in [1.54, 1.807) is 0 Å². The van der Waals surface area contributed by atoms with E-state index in [2.05, 4.69) is 40.3 Å². The molecule has 7 nitrogen and oxygen atoms in total. The van der Waals surface area contributed by atoms with Crippen LogP contribution in [0.25, 0.3) is 28.0 Å². The Bertz CT molecular complexity index is 1290. The van der Waals surface area contributed by atoms with Gasteiger partial charge in [-0.3, -0.25) is 9.36 Å². The smallest absolute Gasteiger partial charge is 0.233 e. The second-order valence-corrected chi connectivity index (χ2v) is 9.52. The Morgan fingerprint density at radius 1 is 1.12 bits per heavy atom. The molecule has 1 N–H and O–H groups in total. The molecule has 4 aromatic rings. The zero-order valence-electron chi connectivity index (χ0n) is 19.0. The Balaban J connectivity index is 1.48. The molecule has 2 atom stereocenters. The Morgan fingerprint density at radius 2 is 1.91 bits per heavy atom. The van der Waals surface area contributed by atoms with Gasteiger partial charge >= 0.3 is 0 Å². The van der Waals surface area contributed by atoms with E-state index in [0.29, 0.717) is 24.0 Å². The number of hydrogen-bond donors (Lipinski definition) is 1. The number of aromatic amines is 1. The number of carbonyl (C=O) groups is 1. The SMILES string of the molecule is Cc1cccc(-n2c(SCC(=O)N3C[C@@H](C)O[C@@H](C)C3)nnc2-c2c[nH]c3ccccc23)c1. The summed E-state index contributed by atoms with van der Waals surface area (Å²) in [4.78, 5) is 18.2. The van der Waals surface area contributed by atoms with Gasteiger partial charge in [-0.1, -0.05) is 42.1 Å². The lowest BCUT2D eigenvalue weighted by molar-refractivity contribution is -0.140. The van der Waals surface area contributed by atoms with Crippen molar-refractivity contribution in [1.82, 2.24) is 24.6 Å². The number of para-hydroxylation sites is 1. The molecule has 8 heteroatoms. The van der Waals surface area contributed by atoms with Crippen LogP contribution in [0.4, 0.5) is 0 Å². The van der Waals surface area contributed by atoms with Crippen LogP contribution in [0.15, 0.2) is 59.9 Å². The normalized spacial score (nSPS) is 18.7. The zero-order chi connectivity index (χ0) is 22.9. The van der Waals surface area contributed by atoms with Crippen molar-refractivity contribution in [2.24, 2.45) is 0 Å². The fourth-order valence-corrected chi connectivity index (χ4v) is 5.25. The number of carbonyl (C=O) groups excluding carboxylic acids is 1. The highest BCUT2D eigenvalue weighted by Crippen LogP contribution is 2.32. The Kier molecular flexibility index (Phi) is 5.95. The van der Waals surface area contributed by atoms with Gasteiger partial charge in [-0.2, -0.15) is 0 Å². The maximum atomic E-state index is 13.0. The minimum absolute atomic E-state index is 0.0483. The second kappa shape index (κ2) is 9.03. The molecule has 0 saturated carbocycles. The third-order valence-corrected chi connectivity index (χ3v) is 6.73. The van der Waals surface area contributed by atoms with Gasteiger partial charge in [0.2, 0.25) is 5.91 Å². The fourth-order valence-electron chi connectivity index (χ4n) is 4.39. The number of nitrogens with zero attached hydrogens (tertiary/aromatic N) is 4. The van der Waals surface area contributed by atoms with Gasteiger partial charge in [-0.05, 0) is 44.5 Å². The van der Waals surface area contributed by atoms with Crippen LogP contribution in [0, 0.1) is 6.92 Å². The summed E-state index contributed by atoms with van der Waals surface area (Å²) < 4.78 is 7.81. The number of H-pyrrole nitrogens is 1. The molecular formula is C25H27N5O2S. The first-order valence-corrected chi connectivity index (χ1v) is 12.1. The first kappa shape index (κ1) is 21.7. The fraction of sp³-hybridized carbons (Fsp3) is 0.320. The number of thioether (sulfide) groups is 1. The molecule has 0 radical (unpaired) electrons. The van der Waals surface area contributed by atoms with E-state index in [1.165, 1.54) is 11.8 Å². The van der Waals surface area contributed by atoms with Crippen molar-refractivity contribution in [3.8, 4) is 17.1 Å². The molecule has 0 unspecified atom stereocenters. The van der Waals surface area contributed by atoms with Crippen LogP contribution in [0.5, 0.6) is 0 Å². The van der Waals surface area contributed by atoms with E-state index in [9.17, 15) is 4.79 Å². The number of amides is 1. The molecule has 5 rings (SSSR count). The minimum Gasteiger partial charge on any atom is -0.372 e. The lowest BCUT2D eigenvalue weighted by Crippen LogP contribution is -2.48. The van der Waals surface area contributed by atoms with E-state index in [4.69, 9.17) is 4.74 Å². The van der Waals surface area contributed by atoms with Crippen LogP contribution in [0.3, 0.4) is 0 Å². The average molecular weight is 462 g/mol. The van der Waals surface area contributed by atoms with Crippen LogP contribution >= 0.6 is 11.8 Å². The van der Waals surface area contributed by atoms with Gasteiger partial charge < -0.3 is 14.6 Å². The highest BCUT2D eigenvalue weighted by atomic mass is 32.2. The van der Waals surface area contributed by atoms with Gasteiger partial charge in [0.15, 0.2) is 11.0 Å². The van der Waals surface area contributed by atoms with Gasteiger partial charge in [-0.15, -0.1) is 10.2 Å². The van der Waals surface area contributed by atoms with Crippen LogP contribution in [0.1, 0.15) is 19.4 Å². The monoisotopic (exact) mass is 461 g/mol. The molecule has 0 bridgehead atoms. The molecule has 1 aliphatic heterocycles. The van der Waals surface area contributed by atoms with E-state index in [0.717, 1.165) is 33.5 Å². The standard InChI is InChI=1S/C25H27N5O2S/c1-16-7-6-8-19(11-16)30-24(21-12-26-22-10-5-4-9-20(21)22)27-28-25(30)33-15-23(31)29-13-17(2)32-18(3)14-29/h4-12,17-18,26H,13-15H2,1-3H3/t17-,18+. The van der Waals surface area contributed by atoms with Crippen LogP contribution < -0.4 is 0 Å². The summed E-state index contributed by atoms with van der Waals surface area (Å²) in [5.74, 6) is 1.15. The Morgan fingerprint density at radius 3 is 2.70 bits per heavy atom. The average Bonchev–Trinajstić information content (AvgIpc) is 3.40. The molecule has 0 aliphatic carbocycles. The van der Waals surface area contributed by atoms with Crippen molar-refractivity contribution in [2.45, 2.75) is 38.1 Å². The van der Waals surface area contributed by atoms with Gasteiger partial charge in [0.05, 0.1) is 18.0 Å². The lowest BCUT2D eigenvalue weighted by Gasteiger charge is -2.35. The van der Waals surface area contributed by atoms with Gasteiger partial charge in [0.1, 0.15) is 0 Å². The number of nitrogens with one attached hydrogen (secondary N) is 1. The lowest BCUT2D eigenvalue weighted by atomic mass is 10.1. The first-order valence-electron chi connectivity index (χ1n) is 11.1. The number of hydrogen-bond acceptors (Lipinski definition) is 5. The highest BCUT2D eigenvalue weighted by molar-refractivity contribution is 7.99. The molecule has 3 heterocycles. The van der Waals surface area contributed by atoms with E-state index in [1.807, 2.05) is 59.8 Å². The summed E-state index contributed by atoms with van der Waals surface area (Å²) in [7, 11) is 0. The van der Waals surface area contributed by atoms with Gasteiger partial charge in [0.25, 0.3) is 0 Å². The number of rotatable bonds is 5. The number of ether oxygens (including phenoxy) is 1. The molecular weight excluding hydrogens is 434 g/mol. The number of benzene rings is 2. The van der Waals surface area contributed by atoms with Crippen molar-refractivity contribution >= 4 is 28.6 Å². The number of morpholine rings is 1. The van der Waals surface area contributed by atoms with Gasteiger partial charge in [-0.25, -0.2) is 0 Å². The molecule has 33 heavy (non-hydrogen) atoms. The number of aromatic nitrogens is 4. The van der Waals surface area contributed by atoms with Crippen LogP contribution in [-0.2, 0) is 9.53 Å². The molecule has 1 aliphatic rings. The van der Waals surface area contributed by atoms with E-state index < -0.39 is 0 Å². The molecule has 2 aromatic carbocycles. The second-order valence-electron chi connectivity index (χ2n) is 8.57. The summed E-state index contributed by atoms with van der Waals surface area (Å²) in [6, 6.07) is 16.4. The van der Waals surface area contributed by atoms with Crippen molar-refractivity contribution in [2.75, 3.05) is 18.8 Å². The topological polar surface area (TPSA) is 76.0 Å². The van der Waals surface area contributed by atoms with Crippen molar-refractivity contribution in [3.63, 3.8) is 0 Å². The van der Waals surface area contributed by atoms with Crippen molar-refractivity contribution in [3.05, 3.63) is 60.3 Å². The first-order chi connectivity index (χ1) is 16.0. The summed E-state index contributed by atoms with van der Waals surface area (Å²) in [6.45, 7) is 7.32. The molecule has 170 valence electrons. The maximum absolute atomic E-state index is 13.0. The molecule has 1 fully saturated rings. The van der Waals surface area contributed by atoms with Crippen LogP contribution in [-0.4, -0.2) is 61.6 Å². The largest absolute Gasteiger partial charge is 0.372 e. The van der Waals surface area contributed by atoms with Crippen LogP contribution in [0.2, 0.25) is 0 Å². The summed E-state index contributed by atoms with van der Waals surface area (Å²) in [5, 5.41) is 10.8. The summed E-state index contributed by atoms with van der Waals surface area (Å²) in [5.41, 5.74) is 4.15. The highest BCUT2D eigenvalue weighted by Gasteiger charge is 2.27. The molecule has 0 spiro atoms. The Hall–Kier alpha value is -3.10. The van der Waals surface area contributed by atoms with Crippen molar-refractivity contribution in [1.29, 1.82) is 0 Å². The quantitative estimate of drug-likeness (QED) is 0.445. The van der Waals surface area contributed by atoms with Gasteiger partial charge in [0, 0.05) is 41.4 Å². The number of fused-ring (bicyclic) bond motifs is 1. The predicted octanol–water partition coefficient (Wildman–Crippen LogP) is 4.45. The summed E-state index contributed by atoms with van der Waals surface area (Å²) in [6.07, 6.45) is 2.07. The third-order valence-electron chi connectivity index (χ3n) is 5.82. The van der Waals surface area contributed by atoms with Crippen molar-refractivity contribution < 1.29 is 9.53 Å². The predicted molar refractivity (Wildman–Crippen MR) is 131 cm³/mol. The van der Waals surface area contributed by atoms with E-state index >= 15 is 0 Å². The Labute approximate surface area is 197 Å². The summed E-state index contributed by atoms with van der Waals surface area (Å²) >= 11 is 1.42. The number of aryl methyl sites for hydroxylation is 1. The maximum Gasteiger partial charge on any atom is 0.233 e. The third kappa shape index (κ3) is 4.41. The molecule has 1 amide bonds.